The van der Waals surface area contributed by atoms with E-state index < -0.39 is 30.3 Å². The van der Waals surface area contributed by atoms with Crippen LogP contribution in [-0.4, -0.2) is 30.3 Å². The molecule has 2 heterocycles. The summed E-state index contributed by atoms with van der Waals surface area (Å²) in [6, 6.07) is 14.1. The van der Waals surface area contributed by atoms with Crippen molar-refractivity contribution in [1.82, 2.24) is 5.32 Å². The molecule has 162 valence electrons. The quantitative estimate of drug-likeness (QED) is 0.431. The van der Waals surface area contributed by atoms with Crippen LogP contribution >= 0.6 is 22.9 Å². The number of halogens is 1. The lowest BCUT2D eigenvalue weighted by Crippen LogP contribution is -2.30. The van der Waals surface area contributed by atoms with Crippen molar-refractivity contribution in [2.24, 2.45) is 0 Å². The second-order valence-corrected chi connectivity index (χ2v) is 8.42. The normalized spacial score (nSPS) is 13.6. The smallest absolute Gasteiger partial charge is 0.338 e. The number of esters is 1. The summed E-state index contributed by atoms with van der Waals surface area (Å²) in [5.41, 5.74) is 0.556. The number of carbonyl (C=O) groups is 4. The lowest BCUT2D eigenvalue weighted by Gasteiger charge is -2.15. The molecule has 32 heavy (non-hydrogen) atoms. The number of anilines is 1. The first-order valence-electron chi connectivity index (χ1n) is 9.64. The Kier molecular flexibility index (Phi) is 6.07. The fraction of sp³-hybridized carbons (Fsp3) is 0.130. The van der Waals surface area contributed by atoms with Crippen LogP contribution in [0.15, 0.2) is 60.0 Å². The molecule has 0 aliphatic carbocycles. The zero-order chi connectivity index (χ0) is 22.8. The first kappa shape index (κ1) is 21.7. The third-order valence-electron chi connectivity index (χ3n) is 4.90. The Labute approximate surface area is 192 Å². The molecule has 0 bridgehead atoms. The number of carbonyl (C=O) groups excluding carboxylic acids is 4. The van der Waals surface area contributed by atoms with Crippen molar-refractivity contribution in [2.75, 3.05) is 11.5 Å². The minimum Gasteiger partial charge on any atom is -0.452 e. The van der Waals surface area contributed by atoms with Gasteiger partial charge in [0.25, 0.3) is 17.7 Å². The van der Waals surface area contributed by atoms with Crippen molar-refractivity contribution >= 4 is 52.3 Å². The van der Waals surface area contributed by atoms with E-state index >= 15 is 0 Å². The van der Waals surface area contributed by atoms with Gasteiger partial charge in [0.05, 0.1) is 33.4 Å². The van der Waals surface area contributed by atoms with Crippen molar-refractivity contribution in [2.45, 2.75) is 13.0 Å². The standard InChI is InChI=1S/C23H17ClN2O5S/c1-13(19-7-4-10-32-19)25-20(27)12-31-23(30)14-8-9-15-16(11-14)22(29)26(21(15)28)18-6-3-2-5-17(18)24/h2-11,13H,12H2,1H3,(H,25,27). The van der Waals surface area contributed by atoms with Gasteiger partial charge >= 0.3 is 5.97 Å². The molecule has 1 aliphatic heterocycles. The number of thiophene rings is 1. The van der Waals surface area contributed by atoms with Crippen LogP contribution in [0.2, 0.25) is 5.02 Å². The van der Waals surface area contributed by atoms with Crippen LogP contribution in [0.1, 0.15) is 48.9 Å². The fourth-order valence-corrected chi connectivity index (χ4v) is 4.28. The molecular weight excluding hydrogens is 452 g/mol. The summed E-state index contributed by atoms with van der Waals surface area (Å²) in [6.07, 6.45) is 0. The number of fused-ring (bicyclic) bond motifs is 1. The van der Waals surface area contributed by atoms with Gasteiger partial charge in [-0.2, -0.15) is 0 Å². The number of hydrogen-bond acceptors (Lipinski definition) is 6. The molecule has 3 aromatic rings. The van der Waals surface area contributed by atoms with Crippen molar-refractivity contribution in [3.05, 3.63) is 86.6 Å². The average Bonchev–Trinajstić information content (AvgIpc) is 3.40. The topological polar surface area (TPSA) is 92.8 Å². The van der Waals surface area contributed by atoms with Crippen LogP contribution in [0, 0.1) is 0 Å². The third kappa shape index (κ3) is 4.15. The van der Waals surface area contributed by atoms with E-state index in [-0.39, 0.29) is 33.4 Å². The van der Waals surface area contributed by atoms with Crippen molar-refractivity contribution < 1.29 is 23.9 Å². The zero-order valence-corrected chi connectivity index (χ0v) is 18.4. The second kappa shape index (κ2) is 8.94. The zero-order valence-electron chi connectivity index (χ0n) is 16.8. The minimum absolute atomic E-state index is 0.0602. The SMILES string of the molecule is CC(NC(=O)COC(=O)c1ccc2c(c1)C(=O)N(c1ccccc1Cl)C2=O)c1cccs1. The molecule has 9 heteroatoms. The summed E-state index contributed by atoms with van der Waals surface area (Å²) in [5, 5.41) is 4.91. The molecule has 1 N–H and O–H groups in total. The van der Waals surface area contributed by atoms with Gasteiger partial charge in [0.1, 0.15) is 0 Å². The first-order valence-corrected chi connectivity index (χ1v) is 10.9. The maximum absolute atomic E-state index is 12.9. The van der Waals surface area contributed by atoms with Gasteiger partial charge in [-0.1, -0.05) is 29.8 Å². The molecule has 1 aromatic heterocycles. The van der Waals surface area contributed by atoms with Gasteiger partial charge < -0.3 is 10.1 Å². The Hall–Kier alpha value is -3.49. The van der Waals surface area contributed by atoms with Crippen molar-refractivity contribution in [1.29, 1.82) is 0 Å². The minimum atomic E-state index is -0.775. The Morgan fingerprint density at radius 3 is 2.53 bits per heavy atom. The third-order valence-corrected chi connectivity index (χ3v) is 6.27. The lowest BCUT2D eigenvalue weighted by molar-refractivity contribution is -0.124. The number of ether oxygens (including phenoxy) is 1. The Morgan fingerprint density at radius 2 is 1.81 bits per heavy atom. The summed E-state index contributed by atoms with van der Waals surface area (Å²) >= 11 is 7.65. The largest absolute Gasteiger partial charge is 0.452 e. The van der Waals surface area contributed by atoms with Crippen LogP contribution in [-0.2, 0) is 9.53 Å². The highest BCUT2D eigenvalue weighted by atomic mass is 35.5. The predicted molar refractivity (Wildman–Crippen MR) is 120 cm³/mol. The van der Waals surface area contributed by atoms with Gasteiger partial charge in [0, 0.05) is 4.88 Å². The first-order chi connectivity index (χ1) is 15.4. The maximum Gasteiger partial charge on any atom is 0.338 e. The molecule has 2 aromatic carbocycles. The van der Waals surface area contributed by atoms with E-state index in [4.69, 9.17) is 16.3 Å². The summed E-state index contributed by atoms with van der Waals surface area (Å²) in [5.74, 6) is -2.34. The second-order valence-electron chi connectivity index (χ2n) is 7.04. The number of nitrogens with zero attached hydrogens (tertiary/aromatic N) is 1. The molecule has 3 amide bonds. The Morgan fingerprint density at radius 1 is 1.06 bits per heavy atom. The van der Waals surface area contributed by atoms with Gasteiger partial charge in [-0.15, -0.1) is 11.3 Å². The molecule has 1 atom stereocenters. The van der Waals surface area contributed by atoms with Crippen LogP contribution in [0.3, 0.4) is 0 Å². The number of rotatable bonds is 6. The highest BCUT2D eigenvalue weighted by Crippen LogP contribution is 2.33. The van der Waals surface area contributed by atoms with Crippen molar-refractivity contribution in [3.63, 3.8) is 0 Å². The average molecular weight is 469 g/mol. The van der Waals surface area contributed by atoms with Crippen molar-refractivity contribution in [3.8, 4) is 0 Å². The van der Waals surface area contributed by atoms with E-state index in [0.717, 1.165) is 9.78 Å². The van der Waals surface area contributed by atoms with E-state index in [1.165, 1.54) is 29.5 Å². The van der Waals surface area contributed by atoms with E-state index in [1.54, 1.807) is 24.3 Å². The summed E-state index contributed by atoms with van der Waals surface area (Å²) in [4.78, 5) is 52.1. The van der Waals surface area contributed by atoms with E-state index in [1.807, 2.05) is 24.4 Å². The van der Waals surface area contributed by atoms with Gasteiger partial charge in [-0.25, -0.2) is 9.69 Å². The molecule has 7 nitrogen and oxygen atoms in total. The van der Waals surface area contributed by atoms with Crippen LogP contribution in [0.25, 0.3) is 0 Å². The molecule has 0 spiro atoms. The molecule has 0 radical (unpaired) electrons. The van der Waals surface area contributed by atoms with Crippen LogP contribution < -0.4 is 10.2 Å². The van der Waals surface area contributed by atoms with Gasteiger partial charge in [0.2, 0.25) is 0 Å². The highest BCUT2D eigenvalue weighted by molar-refractivity contribution is 7.10. The Balaban J connectivity index is 1.44. The highest BCUT2D eigenvalue weighted by Gasteiger charge is 2.38. The summed E-state index contributed by atoms with van der Waals surface area (Å²) < 4.78 is 5.08. The van der Waals surface area contributed by atoms with E-state index in [9.17, 15) is 19.2 Å². The lowest BCUT2D eigenvalue weighted by atomic mass is 10.1. The number of nitrogens with one attached hydrogen (secondary N) is 1. The molecular formula is C23H17ClN2O5S. The maximum atomic E-state index is 12.9. The summed E-state index contributed by atoms with van der Waals surface area (Å²) in [6.45, 7) is 1.36. The summed E-state index contributed by atoms with van der Waals surface area (Å²) in [7, 11) is 0. The van der Waals surface area contributed by atoms with Crippen LogP contribution in [0.4, 0.5) is 5.69 Å². The molecule has 0 saturated heterocycles. The number of amides is 3. The van der Waals surface area contributed by atoms with Gasteiger partial charge in [-0.05, 0) is 48.7 Å². The molecule has 4 rings (SSSR count). The molecule has 0 saturated carbocycles. The fourth-order valence-electron chi connectivity index (χ4n) is 3.33. The van der Waals surface area contributed by atoms with E-state index in [0.29, 0.717) is 0 Å². The number of benzene rings is 2. The number of imide groups is 1. The van der Waals surface area contributed by atoms with Crippen LogP contribution in [0.5, 0.6) is 0 Å². The van der Waals surface area contributed by atoms with Gasteiger partial charge in [-0.3, -0.25) is 14.4 Å². The molecule has 1 aliphatic rings. The monoisotopic (exact) mass is 468 g/mol. The Bertz CT molecular complexity index is 1220. The predicted octanol–water partition coefficient (Wildman–Crippen LogP) is 4.24. The molecule has 0 fully saturated rings. The van der Waals surface area contributed by atoms with Gasteiger partial charge in [0.15, 0.2) is 6.61 Å². The molecule has 1 unspecified atom stereocenters. The number of para-hydroxylation sites is 1. The van der Waals surface area contributed by atoms with E-state index in [2.05, 4.69) is 5.32 Å². The number of hydrogen-bond donors (Lipinski definition) is 1.